The van der Waals surface area contributed by atoms with E-state index in [-0.39, 0.29) is 6.03 Å². The smallest absolute Gasteiger partial charge is 0.315 e. The van der Waals surface area contributed by atoms with Gasteiger partial charge in [-0.15, -0.1) is 0 Å². The molecule has 2 aromatic carbocycles. The predicted molar refractivity (Wildman–Crippen MR) is 74.5 cm³/mol. The molecule has 0 saturated carbocycles. The van der Waals surface area contributed by atoms with Crippen molar-refractivity contribution in [2.24, 2.45) is 0 Å². The third-order valence-electron chi connectivity index (χ3n) is 2.85. The predicted octanol–water partition coefficient (Wildman–Crippen LogP) is 3.05. The van der Waals surface area contributed by atoms with E-state index >= 15 is 0 Å². The van der Waals surface area contributed by atoms with Crippen molar-refractivity contribution in [3.63, 3.8) is 0 Å². The summed E-state index contributed by atoms with van der Waals surface area (Å²) in [4.78, 5) is 11.5. The first-order chi connectivity index (χ1) is 8.81. The van der Waals surface area contributed by atoms with E-state index < -0.39 is 0 Å². The summed E-state index contributed by atoms with van der Waals surface area (Å²) in [6.07, 6.45) is 0.946. The van der Waals surface area contributed by atoms with Crippen molar-refractivity contribution in [2.75, 3.05) is 6.54 Å². The monoisotopic (exact) mass is 242 g/mol. The summed E-state index contributed by atoms with van der Waals surface area (Å²) in [5, 5.41) is 8.07. The van der Waals surface area contributed by atoms with Crippen LogP contribution in [0.3, 0.4) is 0 Å². The number of fused-ring (bicyclic) bond motifs is 1. The van der Waals surface area contributed by atoms with E-state index in [0.717, 1.165) is 12.0 Å². The van der Waals surface area contributed by atoms with Crippen LogP contribution in [0.5, 0.6) is 0 Å². The summed E-state index contributed by atoms with van der Waals surface area (Å²) < 4.78 is 0. The molecule has 0 heterocycles. The van der Waals surface area contributed by atoms with Crippen molar-refractivity contribution in [3.8, 4) is 0 Å². The molecule has 0 saturated heterocycles. The topological polar surface area (TPSA) is 41.1 Å². The Hall–Kier alpha value is -2.03. The lowest BCUT2D eigenvalue weighted by atomic mass is 10.0. The van der Waals surface area contributed by atoms with Gasteiger partial charge >= 0.3 is 6.03 Å². The maximum Gasteiger partial charge on any atom is 0.315 e. The molecule has 0 atom stereocenters. The van der Waals surface area contributed by atoms with E-state index in [2.05, 4.69) is 28.8 Å². The fourth-order valence-electron chi connectivity index (χ4n) is 1.92. The number of amides is 2. The summed E-state index contributed by atoms with van der Waals surface area (Å²) in [5.74, 6) is 0. The highest BCUT2D eigenvalue weighted by Crippen LogP contribution is 2.17. The molecule has 2 N–H and O–H groups in total. The maximum atomic E-state index is 11.5. The number of urea groups is 1. The lowest BCUT2D eigenvalue weighted by Gasteiger charge is -2.09. The van der Waals surface area contributed by atoms with Crippen LogP contribution in [0.1, 0.15) is 18.9 Å². The minimum absolute atomic E-state index is 0.107. The maximum absolute atomic E-state index is 11.5. The summed E-state index contributed by atoms with van der Waals surface area (Å²) in [5.41, 5.74) is 1.14. The molecule has 2 rings (SSSR count). The molecule has 3 heteroatoms. The normalized spacial score (nSPS) is 10.3. The molecule has 0 spiro atoms. The van der Waals surface area contributed by atoms with Crippen LogP contribution in [0, 0.1) is 0 Å². The number of hydrogen-bond donors (Lipinski definition) is 2. The Bertz CT molecular complexity index is 532. The highest BCUT2D eigenvalue weighted by molar-refractivity contribution is 5.86. The quantitative estimate of drug-likeness (QED) is 0.850. The zero-order valence-corrected chi connectivity index (χ0v) is 10.6. The van der Waals surface area contributed by atoms with Crippen molar-refractivity contribution in [1.82, 2.24) is 10.6 Å². The summed E-state index contributed by atoms with van der Waals surface area (Å²) in [7, 11) is 0. The van der Waals surface area contributed by atoms with Crippen LogP contribution >= 0.6 is 0 Å². The Kier molecular flexibility index (Phi) is 4.18. The largest absolute Gasteiger partial charge is 0.338 e. The van der Waals surface area contributed by atoms with E-state index in [1.807, 2.05) is 31.2 Å². The van der Waals surface area contributed by atoms with Gasteiger partial charge in [0.05, 0.1) is 0 Å². The van der Waals surface area contributed by atoms with Gasteiger partial charge in [-0.05, 0) is 22.8 Å². The van der Waals surface area contributed by atoms with Gasteiger partial charge in [0, 0.05) is 13.1 Å². The molecule has 0 aliphatic rings. The van der Waals surface area contributed by atoms with E-state index in [9.17, 15) is 4.79 Å². The number of nitrogens with one attached hydrogen (secondary N) is 2. The Morgan fingerprint density at radius 1 is 1.06 bits per heavy atom. The SMILES string of the molecule is CCCNC(=O)NCc1cccc2ccccc12. The highest BCUT2D eigenvalue weighted by Gasteiger charge is 2.02. The number of hydrogen-bond acceptors (Lipinski definition) is 1. The molecular weight excluding hydrogens is 224 g/mol. The molecule has 2 amide bonds. The van der Waals surface area contributed by atoms with Gasteiger partial charge in [-0.25, -0.2) is 4.79 Å². The van der Waals surface area contributed by atoms with Gasteiger partial charge in [0.1, 0.15) is 0 Å². The van der Waals surface area contributed by atoms with Gasteiger partial charge in [0.25, 0.3) is 0 Å². The molecule has 0 fully saturated rings. The molecule has 0 aromatic heterocycles. The molecular formula is C15H18N2O. The first-order valence-electron chi connectivity index (χ1n) is 6.29. The third kappa shape index (κ3) is 3.00. The molecule has 0 unspecified atom stereocenters. The van der Waals surface area contributed by atoms with Gasteiger partial charge in [0.15, 0.2) is 0 Å². The van der Waals surface area contributed by atoms with Crippen molar-refractivity contribution >= 4 is 16.8 Å². The van der Waals surface area contributed by atoms with Crippen LogP contribution in [-0.4, -0.2) is 12.6 Å². The number of carbonyl (C=O) groups excluding carboxylic acids is 1. The summed E-state index contributed by atoms with van der Waals surface area (Å²) in [6, 6.07) is 14.2. The first-order valence-corrected chi connectivity index (χ1v) is 6.29. The summed E-state index contributed by atoms with van der Waals surface area (Å²) >= 11 is 0. The van der Waals surface area contributed by atoms with Crippen molar-refractivity contribution in [1.29, 1.82) is 0 Å². The van der Waals surface area contributed by atoms with Crippen LogP contribution in [0.2, 0.25) is 0 Å². The standard InChI is InChI=1S/C15H18N2O/c1-2-10-16-15(18)17-11-13-8-5-7-12-6-3-4-9-14(12)13/h3-9H,2,10-11H2,1H3,(H2,16,17,18). The molecule has 3 nitrogen and oxygen atoms in total. The van der Waals surface area contributed by atoms with Crippen molar-refractivity contribution in [2.45, 2.75) is 19.9 Å². The first kappa shape index (κ1) is 12.4. The van der Waals surface area contributed by atoms with Crippen molar-refractivity contribution < 1.29 is 4.79 Å². The zero-order valence-electron chi connectivity index (χ0n) is 10.6. The molecule has 18 heavy (non-hydrogen) atoms. The van der Waals surface area contributed by atoms with Gasteiger partial charge in [0.2, 0.25) is 0 Å². The van der Waals surface area contributed by atoms with E-state index in [4.69, 9.17) is 0 Å². The Balaban J connectivity index is 2.05. The molecule has 2 aromatic rings. The Morgan fingerprint density at radius 2 is 1.83 bits per heavy atom. The number of rotatable bonds is 4. The van der Waals surface area contributed by atoms with Crippen LogP contribution in [0.25, 0.3) is 10.8 Å². The molecule has 0 aliphatic carbocycles. The van der Waals surface area contributed by atoms with Crippen LogP contribution in [0.4, 0.5) is 4.79 Å². The highest BCUT2D eigenvalue weighted by atomic mass is 16.2. The third-order valence-corrected chi connectivity index (χ3v) is 2.85. The molecule has 0 aliphatic heterocycles. The average molecular weight is 242 g/mol. The minimum atomic E-state index is -0.107. The minimum Gasteiger partial charge on any atom is -0.338 e. The lowest BCUT2D eigenvalue weighted by molar-refractivity contribution is 0.240. The molecule has 0 radical (unpaired) electrons. The van der Waals surface area contributed by atoms with E-state index in [1.165, 1.54) is 10.8 Å². The van der Waals surface area contributed by atoms with Gasteiger partial charge in [-0.2, -0.15) is 0 Å². The fourth-order valence-corrected chi connectivity index (χ4v) is 1.92. The number of benzene rings is 2. The second kappa shape index (κ2) is 6.05. The zero-order chi connectivity index (χ0) is 12.8. The lowest BCUT2D eigenvalue weighted by Crippen LogP contribution is -2.35. The van der Waals surface area contributed by atoms with Crippen LogP contribution in [0.15, 0.2) is 42.5 Å². The molecule has 0 bridgehead atoms. The Labute approximate surface area is 107 Å². The summed E-state index contributed by atoms with van der Waals surface area (Å²) in [6.45, 7) is 3.29. The average Bonchev–Trinajstić information content (AvgIpc) is 2.42. The van der Waals surface area contributed by atoms with E-state index in [0.29, 0.717) is 13.1 Å². The van der Waals surface area contributed by atoms with Crippen molar-refractivity contribution in [3.05, 3.63) is 48.0 Å². The van der Waals surface area contributed by atoms with Gasteiger partial charge < -0.3 is 10.6 Å². The fraction of sp³-hybridized carbons (Fsp3) is 0.267. The van der Waals surface area contributed by atoms with Gasteiger partial charge in [-0.1, -0.05) is 49.4 Å². The Morgan fingerprint density at radius 3 is 2.67 bits per heavy atom. The second-order valence-electron chi connectivity index (χ2n) is 4.25. The van der Waals surface area contributed by atoms with Crippen LogP contribution in [-0.2, 0) is 6.54 Å². The van der Waals surface area contributed by atoms with Crippen LogP contribution < -0.4 is 10.6 Å². The molecule has 94 valence electrons. The second-order valence-corrected chi connectivity index (χ2v) is 4.25. The van der Waals surface area contributed by atoms with Gasteiger partial charge in [-0.3, -0.25) is 0 Å². The van der Waals surface area contributed by atoms with E-state index in [1.54, 1.807) is 0 Å². The number of carbonyl (C=O) groups is 1.